The Balaban J connectivity index is 1.34. The number of nitrogens with zero attached hydrogens (tertiary/aromatic N) is 2. The molecule has 1 aromatic heterocycles. The Morgan fingerprint density at radius 3 is 1.84 bits per heavy atom. The first kappa shape index (κ1) is 18.5. The van der Waals surface area contributed by atoms with Crippen LogP contribution in [0.5, 0.6) is 0 Å². The molecular weight excluding hydrogens is 605 g/mol. The lowest BCUT2D eigenvalue weighted by Crippen LogP contribution is -2.14. The van der Waals surface area contributed by atoms with E-state index in [-0.39, 0.29) is 56.1 Å². The summed E-state index contributed by atoms with van der Waals surface area (Å²) in [6, 6.07) is 21.6. The van der Waals surface area contributed by atoms with Gasteiger partial charge in [0, 0.05) is 16.7 Å². The maximum Gasteiger partial charge on any atom is 0.145 e. The highest BCUT2D eigenvalue weighted by Crippen LogP contribution is 2.51. The lowest BCUT2D eigenvalue weighted by atomic mass is 9.80. The van der Waals surface area contributed by atoms with Gasteiger partial charge in [0.2, 0.25) is 0 Å². The highest BCUT2D eigenvalue weighted by molar-refractivity contribution is 6.21. The number of fused-ring (bicyclic) bond motifs is 6. The average molecular weight is 652 g/mol. The zero-order valence-electron chi connectivity index (χ0n) is 40.1. The molecule has 10 rings (SSSR count). The highest BCUT2D eigenvalue weighted by atomic mass is 15.1. The Morgan fingerprint density at radius 1 is 0.520 bits per heavy atom. The average Bonchev–Trinajstić information content (AvgIpc) is 3.78. The summed E-state index contributed by atoms with van der Waals surface area (Å²) in [5.41, 5.74) is 6.20. The maximum atomic E-state index is 9.51. The molecule has 0 radical (unpaired) electrons. The number of rotatable bonds is 4. The van der Waals surface area contributed by atoms with Crippen LogP contribution in [0, 0.1) is 0 Å². The molecule has 1 aliphatic rings. The summed E-state index contributed by atoms with van der Waals surface area (Å²) in [4.78, 5) is 4.78. The largest absolute Gasteiger partial charge is 0.292 e. The molecule has 0 saturated heterocycles. The number of benzene rings is 8. The molecule has 0 amide bonds. The number of imidazole rings is 1. The van der Waals surface area contributed by atoms with Crippen LogP contribution in [-0.2, 0) is 5.41 Å². The summed E-state index contributed by atoms with van der Waals surface area (Å²) in [6.07, 6.45) is 0. The van der Waals surface area contributed by atoms with E-state index in [9.17, 15) is 5.48 Å². The Kier molecular flexibility index (Phi) is 4.03. The molecule has 8 aromatic carbocycles. The Bertz CT molecular complexity index is 3430. The van der Waals surface area contributed by atoms with E-state index in [1.165, 1.54) is 0 Å². The van der Waals surface area contributed by atoms with Crippen molar-refractivity contribution in [2.45, 2.75) is 19.3 Å². The van der Waals surface area contributed by atoms with Gasteiger partial charge in [-0.3, -0.25) is 4.57 Å². The fraction of sp³-hybridized carbons (Fsp3) is 0.0625. The molecule has 50 heavy (non-hydrogen) atoms. The molecule has 1 aliphatic carbocycles. The highest BCUT2D eigenvalue weighted by Gasteiger charge is 2.35. The van der Waals surface area contributed by atoms with Gasteiger partial charge in [0.15, 0.2) is 0 Å². The van der Waals surface area contributed by atoms with E-state index in [0.29, 0.717) is 27.8 Å². The molecule has 0 atom stereocenters. The van der Waals surface area contributed by atoms with Gasteiger partial charge in [-0.2, -0.15) is 0 Å². The van der Waals surface area contributed by atoms with E-state index in [2.05, 4.69) is 26.0 Å². The second-order valence-corrected chi connectivity index (χ2v) is 13.0. The number of aromatic nitrogens is 2. The van der Waals surface area contributed by atoms with Gasteiger partial charge in [0.25, 0.3) is 0 Å². The zero-order chi connectivity index (χ0) is 44.7. The third-order valence-electron chi connectivity index (χ3n) is 9.92. The van der Waals surface area contributed by atoms with Crippen molar-refractivity contribution in [3.63, 3.8) is 0 Å². The molecule has 2 heteroatoms. The van der Waals surface area contributed by atoms with Crippen LogP contribution in [0.15, 0.2) is 170 Å². The summed E-state index contributed by atoms with van der Waals surface area (Å²) in [7, 11) is 0. The molecule has 0 fully saturated rings. The summed E-state index contributed by atoms with van der Waals surface area (Å²) in [5, 5.41) is 0.269. The number of hydrogen-bond acceptors (Lipinski definition) is 1. The normalized spacial score (nSPS) is 16.8. The third-order valence-corrected chi connectivity index (χ3v) is 9.92. The van der Waals surface area contributed by atoms with E-state index >= 15 is 0 Å². The standard InChI is InChI=1S/C48H34N2/c1-48(2)41-24-11-10-19-35(41)36-28-27-33(30-42(36)48)46-39-22-8-6-20-37(39)45(38-21-7-9-23-40(38)46)32-17-14-18-34(29-32)50-44-26-13-12-25-43(44)49-47(50)31-15-4-3-5-16-31/h3-30H,1-2H3/i3D,4D,5D,6D,7D,8D,9D,15D,16D,20D,21D,22D,23D. The van der Waals surface area contributed by atoms with Gasteiger partial charge < -0.3 is 0 Å². The van der Waals surface area contributed by atoms with Crippen molar-refractivity contribution in [1.82, 2.24) is 9.55 Å². The van der Waals surface area contributed by atoms with Crippen LogP contribution in [-0.4, -0.2) is 9.55 Å². The van der Waals surface area contributed by atoms with E-state index < -0.39 is 71.9 Å². The molecule has 0 saturated carbocycles. The van der Waals surface area contributed by atoms with Crippen molar-refractivity contribution in [2.75, 3.05) is 0 Å². The minimum absolute atomic E-state index is 0.0510. The van der Waals surface area contributed by atoms with E-state index in [0.717, 1.165) is 22.3 Å². The predicted octanol–water partition coefficient (Wildman–Crippen LogP) is 12.6. The molecule has 236 valence electrons. The quantitative estimate of drug-likeness (QED) is 0.173. The van der Waals surface area contributed by atoms with Gasteiger partial charge in [0.1, 0.15) is 5.82 Å². The molecule has 1 heterocycles. The molecule has 0 unspecified atom stereocenters. The molecule has 0 N–H and O–H groups in total. The van der Waals surface area contributed by atoms with Crippen LogP contribution in [0.4, 0.5) is 0 Å². The van der Waals surface area contributed by atoms with Crippen molar-refractivity contribution in [2.24, 2.45) is 0 Å². The van der Waals surface area contributed by atoms with Crippen LogP contribution >= 0.6 is 0 Å². The van der Waals surface area contributed by atoms with Crippen molar-refractivity contribution in [3.8, 4) is 50.5 Å². The Hall–Kier alpha value is -6.25. The molecule has 9 aromatic rings. The first-order valence-electron chi connectivity index (χ1n) is 22.8. The van der Waals surface area contributed by atoms with Gasteiger partial charge in [-0.05, 0) is 96.4 Å². The van der Waals surface area contributed by atoms with Crippen molar-refractivity contribution >= 4 is 32.6 Å². The number of para-hydroxylation sites is 2. The van der Waals surface area contributed by atoms with Gasteiger partial charge in [0.05, 0.1) is 28.9 Å². The van der Waals surface area contributed by atoms with Crippen molar-refractivity contribution in [3.05, 3.63) is 181 Å². The molecule has 0 bridgehead atoms. The van der Waals surface area contributed by atoms with Crippen LogP contribution in [0.3, 0.4) is 0 Å². The third kappa shape index (κ3) is 4.18. The lowest BCUT2D eigenvalue weighted by molar-refractivity contribution is 0.660. The molecule has 0 aliphatic heterocycles. The maximum absolute atomic E-state index is 9.51. The fourth-order valence-electron chi connectivity index (χ4n) is 7.68. The van der Waals surface area contributed by atoms with Gasteiger partial charge in [-0.25, -0.2) is 4.98 Å². The smallest absolute Gasteiger partial charge is 0.145 e. The van der Waals surface area contributed by atoms with E-state index in [1.54, 1.807) is 53.1 Å². The second kappa shape index (κ2) is 10.9. The van der Waals surface area contributed by atoms with E-state index in [1.807, 2.05) is 30.3 Å². The molecule has 0 spiro atoms. The summed E-state index contributed by atoms with van der Waals surface area (Å²) < 4.78 is 118. The van der Waals surface area contributed by atoms with Crippen LogP contribution in [0.25, 0.3) is 83.0 Å². The summed E-state index contributed by atoms with van der Waals surface area (Å²) in [5.74, 6) is 0.0564. The van der Waals surface area contributed by atoms with Gasteiger partial charge in [-0.1, -0.05) is 153 Å². The zero-order valence-corrected chi connectivity index (χ0v) is 27.1. The first-order chi connectivity index (χ1) is 30.0. The van der Waals surface area contributed by atoms with Crippen LogP contribution in [0.2, 0.25) is 0 Å². The van der Waals surface area contributed by atoms with Crippen molar-refractivity contribution in [1.29, 1.82) is 0 Å². The minimum atomic E-state index is -0.552. The summed E-state index contributed by atoms with van der Waals surface area (Å²) in [6.45, 7) is 4.22. The fourth-order valence-corrected chi connectivity index (χ4v) is 7.68. The Morgan fingerprint density at radius 2 is 1.12 bits per heavy atom. The molecule has 2 nitrogen and oxygen atoms in total. The summed E-state index contributed by atoms with van der Waals surface area (Å²) >= 11 is 0. The van der Waals surface area contributed by atoms with Crippen LogP contribution < -0.4 is 0 Å². The lowest BCUT2D eigenvalue weighted by Gasteiger charge is -2.23. The SMILES string of the molecule is [2H]c1c([2H])c([2H])c(-c2nc3ccccc3n2-c2cccc(-c3c4c([2H])c([2H])c([2H])c([2H])c4c(-c4ccc5c(c4)C(C)(C)c4ccccc4-5)c4c([2H])c([2H])c([2H])c([2H])c34)c2)c([2H])c1[2H]. The molecular formula is C48H34N2. The Labute approximate surface area is 310 Å². The van der Waals surface area contributed by atoms with Crippen LogP contribution in [0.1, 0.15) is 42.8 Å². The van der Waals surface area contributed by atoms with E-state index in [4.69, 9.17) is 17.3 Å². The minimum Gasteiger partial charge on any atom is -0.292 e. The topological polar surface area (TPSA) is 17.8 Å². The van der Waals surface area contributed by atoms with Gasteiger partial charge in [-0.15, -0.1) is 0 Å². The van der Waals surface area contributed by atoms with Gasteiger partial charge >= 0.3 is 0 Å². The monoisotopic (exact) mass is 651 g/mol. The first-order valence-corrected chi connectivity index (χ1v) is 16.3. The number of hydrogen-bond donors (Lipinski definition) is 0. The second-order valence-electron chi connectivity index (χ2n) is 13.0. The predicted molar refractivity (Wildman–Crippen MR) is 210 cm³/mol. The van der Waals surface area contributed by atoms with Crippen molar-refractivity contribution < 1.29 is 17.8 Å².